The molecule has 26 heavy (non-hydrogen) atoms. The Balaban J connectivity index is 1.74. The molecule has 0 aromatic heterocycles. The Morgan fingerprint density at radius 2 is 2.12 bits per heavy atom. The normalized spacial score (nSPS) is 29.5. The second-order valence-corrected chi connectivity index (χ2v) is 8.35. The zero-order valence-electron chi connectivity index (χ0n) is 16.9. The van der Waals surface area contributed by atoms with Gasteiger partial charge >= 0.3 is 0 Å². The summed E-state index contributed by atoms with van der Waals surface area (Å²) in [4.78, 5) is 2.13. The maximum Gasteiger partial charge on any atom is 0.0721 e. The number of fused-ring (bicyclic) bond motifs is 1. The molecule has 0 aromatic rings. The first-order chi connectivity index (χ1) is 12.5. The quantitative estimate of drug-likeness (QED) is 0.411. The summed E-state index contributed by atoms with van der Waals surface area (Å²) in [5.74, 6) is 1.18. The molecule has 2 aliphatic carbocycles. The highest BCUT2D eigenvalue weighted by Crippen LogP contribution is 2.47. The molecule has 0 heterocycles. The van der Waals surface area contributed by atoms with E-state index in [-0.39, 0.29) is 18.1 Å². The van der Waals surface area contributed by atoms with Crippen LogP contribution >= 0.6 is 0 Å². The second kappa shape index (κ2) is 11.2. The van der Waals surface area contributed by atoms with E-state index in [1.807, 2.05) is 6.08 Å². The number of likely N-dealkylation sites (N-methyl/N-ethyl adjacent to an activating group) is 1. The van der Waals surface area contributed by atoms with Crippen molar-refractivity contribution in [1.29, 1.82) is 0 Å². The number of aliphatic hydroxyl groups is 2. The molecule has 4 heteroatoms. The molecule has 2 N–H and O–H groups in total. The zero-order valence-corrected chi connectivity index (χ0v) is 16.9. The predicted octanol–water partition coefficient (Wildman–Crippen LogP) is 3.40. The van der Waals surface area contributed by atoms with Crippen molar-refractivity contribution in [3.8, 4) is 0 Å². The fraction of sp³-hybridized carbons (Fsp3) is 0.818. The highest BCUT2D eigenvalue weighted by molar-refractivity contribution is 5.21. The maximum atomic E-state index is 10.4. The van der Waals surface area contributed by atoms with E-state index in [0.717, 1.165) is 51.9 Å². The molecule has 0 amide bonds. The van der Waals surface area contributed by atoms with Gasteiger partial charge in [0.1, 0.15) is 0 Å². The van der Waals surface area contributed by atoms with Gasteiger partial charge < -0.3 is 19.8 Å². The maximum absolute atomic E-state index is 10.4. The number of nitrogens with zero attached hydrogens (tertiary/aromatic N) is 1. The Morgan fingerprint density at radius 1 is 1.31 bits per heavy atom. The number of unbranched alkanes of at least 4 members (excludes halogenated alkanes) is 2. The Morgan fingerprint density at radius 3 is 2.85 bits per heavy atom. The van der Waals surface area contributed by atoms with E-state index in [2.05, 4.69) is 38.1 Å². The predicted molar refractivity (Wildman–Crippen MR) is 107 cm³/mol. The van der Waals surface area contributed by atoms with Crippen molar-refractivity contribution in [2.24, 2.45) is 17.8 Å². The first kappa shape index (κ1) is 21.6. The lowest BCUT2D eigenvalue weighted by Crippen LogP contribution is -2.19. The van der Waals surface area contributed by atoms with Crippen LogP contribution in [0.25, 0.3) is 0 Å². The van der Waals surface area contributed by atoms with Gasteiger partial charge in [-0.25, -0.2) is 0 Å². The number of hydrogen-bond acceptors (Lipinski definition) is 4. The summed E-state index contributed by atoms with van der Waals surface area (Å²) in [6.07, 6.45) is 12.9. The fourth-order valence-electron chi connectivity index (χ4n) is 4.30. The monoisotopic (exact) mass is 365 g/mol. The summed E-state index contributed by atoms with van der Waals surface area (Å²) in [6, 6.07) is 0. The molecule has 150 valence electrons. The van der Waals surface area contributed by atoms with E-state index in [1.165, 1.54) is 18.4 Å². The molecule has 0 aromatic carbocycles. The van der Waals surface area contributed by atoms with Crippen molar-refractivity contribution in [2.45, 2.75) is 64.1 Å². The third-order valence-corrected chi connectivity index (χ3v) is 5.86. The van der Waals surface area contributed by atoms with E-state index in [9.17, 15) is 10.2 Å². The smallest absolute Gasteiger partial charge is 0.0721 e. The first-order valence-corrected chi connectivity index (χ1v) is 10.5. The van der Waals surface area contributed by atoms with E-state index in [4.69, 9.17) is 4.74 Å². The molecule has 2 aliphatic rings. The van der Waals surface area contributed by atoms with E-state index in [1.54, 1.807) is 0 Å². The lowest BCUT2D eigenvalue weighted by atomic mass is 9.88. The standard InChI is InChI=1S/C22H39NO3/c1-4-5-6-7-19(24)8-9-20-21-15-17(14-18(21)16-22(20)25)10-12-26-13-11-23(2)3/h8-9,14,18-22,24-25H,4-7,10-13,15-16H2,1-3H3/b9-8+/t18-,19-,20+,21-,22+/m0/s1. The van der Waals surface area contributed by atoms with Gasteiger partial charge in [0.25, 0.3) is 0 Å². The van der Waals surface area contributed by atoms with Crippen molar-refractivity contribution >= 4 is 0 Å². The van der Waals surface area contributed by atoms with Crippen LogP contribution in [0.4, 0.5) is 0 Å². The van der Waals surface area contributed by atoms with Gasteiger partial charge in [-0.2, -0.15) is 0 Å². The number of allylic oxidation sites excluding steroid dienone is 1. The Bertz CT molecular complexity index is 460. The van der Waals surface area contributed by atoms with E-state index < -0.39 is 0 Å². The number of hydrogen-bond donors (Lipinski definition) is 2. The molecule has 1 saturated carbocycles. The largest absolute Gasteiger partial charge is 0.392 e. The second-order valence-electron chi connectivity index (χ2n) is 8.35. The van der Waals surface area contributed by atoms with Crippen LogP contribution in [0.5, 0.6) is 0 Å². The van der Waals surface area contributed by atoms with Crippen LogP contribution in [-0.4, -0.2) is 61.2 Å². The first-order valence-electron chi connectivity index (χ1n) is 10.5. The molecular formula is C22H39NO3. The lowest BCUT2D eigenvalue weighted by molar-refractivity contribution is 0.119. The third kappa shape index (κ3) is 6.80. The highest BCUT2D eigenvalue weighted by atomic mass is 16.5. The minimum absolute atomic E-state index is 0.184. The molecule has 2 rings (SSSR count). The number of aliphatic hydroxyl groups excluding tert-OH is 2. The molecule has 0 unspecified atom stereocenters. The van der Waals surface area contributed by atoms with E-state index >= 15 is 0 Å². The van der Waals surface area contributed by atoms with Crippen molar-refractivity contribution in [2.75, 3.05) is 33.9 Å². The van der Waals surface area contributed by atoms with Crippen molar-refractivity contribution < 1.29 is 14.9 Å². The van der Waals surface area contributed by atoms with Crippen LogP contribution in [0.2, 0.25) is 0 Å². The van der Waals surface area contributed by atoms with Gasteiger partial charge in [0.2, 0.25) is 0 Å². The van der Waals surface area contributed by atoms with Gasteiger partial charge in [0.15, 0.2) is 0 Å². The molecule has 4 nitrogen and oxygen atoms in total. The molecule has 1 fully saturated rings. The van der Waals surface area contributed by atoms with Gasteiger partial charge in [-0.1, -0.05) is 50.0 Å². The van der Waals surface area contributed by atoms with Crippen LogP contribution in [0.15, 0.2) is 23.8 Å². The Hall–Kier alpha value is -0.680. The van der Waals surface area contributed by atoms with Gasteiger partial charge in [-0.05, 0) is 51.6 Å². The molecule has 0 bridgehead atoms. The van der Waals surface area contributed by atoms with Crippen LogP contribution in [-0.2, 0) is 4.74 Å². The summed E-state index contributed by atoms with van der Waals surface area (Å²) < 4.78 is 5.72. The summed E-state index contributed by atoms with van der Waals surface area (Å²) in [7, 11) is 4.12. The molecule has 0 radical (unpaired) electrons. The minimum Gasteiger partial charge on any atom is -0.392 e. The van der Waals surface area contributed by atoms with Gasteiger partial charge in [-0.3, -0.25) is 0 Å². The number of ether oxygens (including phenoxy) is 1. The van der Waals surface area contributed by atoms with Crippen LogP contribution < -0.4 is 0 Å². The van der Waals surface area contributed by atoms with Crippen molar-refractivity contribution in [3.05, 3.63) is 23.8 Å². The summed E-state index contributed by atoms with van der Waals surface area (Å²) in [6.45, 7) is 4.71. The van der Waals surface area contributed by atoms with Crippen LogP contribution in [0.3, 0.4) is 0 Å². The van der Waals surface area contributed by atoms with Gasteiger partial charge in [0, 0.05) is 12.5 Å². The number of rotatable bonds is 12. The highest BCUT2D eigenvalue weighted by Gasteiger charge is 2.43. The third-order valence-electron chi connectivity index (χ3n) is 5.86. The molecule has 0 saturated heterocycles. The molecule has 0 spiro atoms. The van der Waals surface area contributed by atoms with Gasteiger partial charge in [0.05, 0.1) is 25.4 Å². The van der Waals surface area contributed by atoms with Crippen LogP contribution in [0.1, 0.15) is 51.9 Å². The lowest BCUT2D eigenvalue weighted by Gasteiger charge is -2.19. The zero-order chi connectivity index (χ0) is 18.9. The SMILES string of the molecule is CCCCC[C@H](O)/C=C/[C@@H]1[C@H]2CC(CCOCCN(C)C)=C[C@H]2C[C@H]1O. The van der Waals surface area contributed by atoms with Crippen LogP contribution in [0, 0.1) is 17.8 Å². The molecule has 0 aliphatic heterocycles. The van der Waals surface area contributed by atoms with Gasteiger partial charge in [-0.15, -0.1) is 0 Å². The van der Waals surface area contributed by atoms with Crippen molar-refractivity contribution in [3.63, 3.8) is 0 Å². The molecular weight excluding hydrogens is 326 g/mol. The summed E-state index contributed by atoms with van der Waals surface area (Å²) in [5, 5.41) is 20.5. The van der Waals surface area contributed by atoms with E-state index in [0.29, 0.717) is 11.8 Å². The Kier molecular flexibility index (Phi) is 9.34. The average molecular weight is 366 g/mol. The summed E-state index contributed by atoms with van der Waals surface area (Å²) >= 11 is 0. The average Bonchev–Trinajstić information content (AvgIpc) is 3.09. The fourth-order valence-corrected chi connectivity index (χ4v) is 4.30. The minimum atomic E-state index is -0.369. The van der Waals surface area contributed by atoms with Crippen molar-refractivity contribution in [1.82, 2.24) is 4.90 Å². The summed E-state index contributed by atoms with van der Waals surface area (Å²) in [5.41, 5.74) is 1.48. The molecule has 5 atom stereocenters. The topological polar surface area (TPSA) is 52.9 Å². The Labute approximate surface area is 159 Å².